The molecule has 0 fully saturated rings. The van der Waals surface area contributed by atoms with Gasteiger partial charge in [-0.25, -0.2) is 4.98 Å². The quantitative estimate of drug-likeness (QED) is 0.861. The predicted molar refractivity (Wildman–Crippen MR) is 80.6 cm³/mol. The average Bonchev–Trinajstić information content (AvgIpc) is 2.96. The lowest BCUT2D eigenvalue weighted by molar-refractivity contribution is 0.535. The van der Waals surface area contributed by atoms with Crippen molar-refractivity contribution in [2.24, 2.45) is 0 Å². The first-order valence-corrected chi connectivity index (χ1v) is 8.09. The van der Waals surface area contributed by atoms with Gasteiger partial charge in [-0.15, -0.1) is 22.7 Å². The largest absolute Gasteiger partial charge is 0.309 e. The molecule has 18 heavy (non-hydrogen) atoms. The van der Waals surface area contributed by atoms with Crippen molar-refractivity contribution in [3.05, 3.63) is 38.0 Å². The van der Waals surface area contributed by atoms with Crippen LogP contribution in [0.25, 0.3) is 0 Å². The zero-order chi connectivity index (χ0) is 13.0. The Balaban J connectivity index is 2.13. The van der Waals surface area contributed by atoms with Gasteiger partial charge in [0.25, 0.3) is 0 Å². The molecule has 0 spiro atoms. The maximum absolute atomic E-state index is 4.40. The van der Waals surface area contributed by atoms with E-state index in [9.17, 15) is 0 Å². The monoisotopic (exact) mass is 280 g/mol. The highest BCUT2D eigenvalue weighted by molar-refractivity contribution is 7.12. The molecule has 1 atom stereocenters. The molecule has 2 aromatic heterocycles. The minimum Gasteiger partial charge on any atom is -0.309 e. The first-order chi connectivity index (χ1) is 8.70. The molecule has 0 saturated heterocycles. The fourth-order valence-corrected chi connectivity index (χ4v) is 3.68. The highest BCUT2D eigenvalue weighted by atomic mass is 32.1. The lowest BCUT2D eigenvalue weighted by Crippen LogP contribution is -2.23. The van der Waals surface area contributed by atoms with E-state index in [1.165, 1.54) is 20.3 Å². The van der Waals surface area contributed by atoms with E-state index in [-0.39, 0.29) is 0 Å². The summed E-state index contributed by atoms with van der Waals surface area (Å²) in [4.78, 5) is 7.26. The Kier molecular flexibility index (Phi) is 4.92. The van der Waals surface area contributed by atoms with Crippen LogP contribution in [0, 0.1) is 13.8 Å². The van der Waals surface area contributed by atoms with Gasteiger partial charge in [-0.1, -0.05) is 6.92 Å². The number of rotatable bonds is 6. The molecule has 2 nitrogen and oxygen atoms in total. The third-order valence-corrected chi connectivity index (χ3v) is 5.10. The van der Waals surface area contributed by atoms with E-state index in [0.717, 1.165) is 19.4 Å². The Bertz CT molecular complexity index is 454. The molecule has 1 unspecified atom stereocenters. The van der Waals surface area contributed by atoms with E-state index in [0.29, 0.717) is 6.04 Å². The fraction of sp³-hybridized carbons (Fsp3) is 0.500. The molecule has 0 bridgehead atoms. The molecule has 0 aliphatic carbocycles. The van der Waals surface area contributed by atoms with Crippen LogP contribution in [0.15, 0.2) is 17.6 Å². The van der Waals surface area contributed by atoms with Crippen molar-refractivity contribution in [2.75, 3.05) is 6.54 Å². The molecule has 2 rings (SSSR count). The Morgan fingerprint density at radius 2 is 2.22 bits per heavy atom. The summed E-state index contributed by atoms with van der Waals surface area (Å²) in [6.07, 6.45) is 4.05. The van der Waals surface area contributed by atoms with Crippen molar-refractivity contribution in [1.29, 1.82) is 0 Å². The summed E-state index contributed by atoms with van der Waals surface area (Å²) < 4.78 is 0. The summed E-state index contributed by atoms with van der Waals surface area (Å²) in [5.74, 6) is 0. The van der Waals surface area contributed by atoms with Crippen LogP contribution in [0.4, 0.5) is 0 Å². The predicted octanol–water partition coefficient (Wildman–Crippen LogP) is 4.10. The van der Waals surface area contributed by atoms with E-state index in [4.69, 9.17) is 0 Å². The molecule has 0 radical (unpaired) electrons. The summed E-state index contributed by atoms with van der Waals surface area (Å²) in [5.41, 5.74) is 1.40. The van der Waals surface area contributed by atoms with Gasteiger partial charge in [0.15, 0.2) is 0 Å². The van der Waals surface area contributed by atoms with Gasteiger partial charge in [-0.3, -0.25) is 0 Å². The second-order valence-corrected chi connectivity index (χ2v) is 6.79. The van der Waals surface area contributed by atoms with Crippen LogP contribution in [0.2, 0.25) is 0 Å². The maximum Gasteiger partial charge on any atom is 0.0944 e. The number of hydrogen-bond acceptors (Lipinski definition) is 4. The molecule has 0 aliphatic heterocycles. The third kappa shape index (κ3) is 3.40. The van der Waals surface area contributed by atoms with E-state index < -0.39 is 0 Å². The number of nitrogens with zero attached hydrogens (tertiary/aromatic N) is 1. The van der Waals surface area contributed by atoms with Gasteiger partial charge in [-0.05, 0) is 38.4 Å². The lowest BCUT2D eigenvalue weighted by Gasteiger charge is -2.15. The van der Waals surface area contributed by atoms with Crippen LogP contribution < -0.4 is 5.32 Å². The summed E-state index contributed by atoms with van der Waals surface area (Å²) >= 11 is 3.65. The summed E-state index contributed by atoms with van der Waals surface area (Å²) in [5, 5.41) is 6.91. The number of thiophene rings is 1. The molecule has 0 amide bonds. The Labute approximate surface area is 117 Å². The van der Waals surface area contributed by atoms with Gasteiger partial charge in [0, 0.05) is 33.8 Å². The molecule has 2 aromatic rings. The maximum atomic E-state index is 4.40. The topological polar surface area (TPSA) is 24.9 Å². The highest BCUT2D eigenvalue weighted by Crippen LogP contribution is 2.29. The first-order valence-electron chi connectivity index (χ1n) is 6.39. The second-order valence-electron chi connectivity index (χ2n) is 4.52. The highest BCUT2D eigenvalue weighted by Gasteiger charge is 2.16. The van der Waals surface area contributed by atoms with E-state index in [2.05, 4.69) is 42.5 Å². The van der Waals surface area contributed by atoms with Crippen molar-refractivity contribution >= 4 is 22.7 Å². The molecule has 2 heterocycles. The van der Waals surface area contributed by atoms with Crippen molar-refractivity contribution < 1.29 is 0 Å². The van der Waals surface area contributed by atoms with Gasteiger partial charge < -0.3 is 5.32 Å². The average molecular weight is 280 g/mol. The lowest BCUT2D eigenvalue weighted by atomic mass is 10.1. The molecule has 0 aliphatic rings. The fourth-order valence-electron chi connectivity index (χ4n) is 1.89. The Morgan fingerprint density at radius 1 is 1.39 bits per heavy atom. The van der Waals surface area contributed by atoms with E-state index >= 15 is 0 Å². The normalized spacial score (nSPS) is 12.8. The van der Waals surface area contributed by atoms with E-state index in [1.807, 2.05) is 17.5 Å². The first kappa shape index (κ1) is 13.7. The molecular weight excluding hydrogens is 260 g/mol. The van der Waals surface area contributed by atoms with E-state index in [1.54, 1.807) is 11.3 Å². The van der Waals surface area contributed by atoms with Gasteiger partial charge in [0.05, 0.1) is 5.01 Å². The molecule has 4 heteroatoms. The second kappa shape index (κ2) is 6.45. The summed E-state index contributed by atoms with van der Waals surface area (Å²) in [6.45, 7) is 7.66. The summed E-state index contributed by atoms with van der Waals surface area (Å²) in [6, 6.07) is 2.73. The molecule has 1 N–H and O–H groups in total. The van der Waals surface area contributed by atoms with Crippen LogP contribution in [0.1, 0.15) is 39.7 Å². The Morgan fingerprint density at radius 3 is 2.78 bits per heavy atom. The molecule has 0 saturated carbocycles. The minimum absolute atomic E-state index is 0.411. The zero-order valence-corrected chi connectivity index (χ0v) is 12.8. The Hall–Kier alpha value is -0.710. The molecule has 98 valence electrons. The number of nitrogens with one attached hydrogen (secondary N) is 1. The minimum atomic E-state index is 0.411. The van der Waals surface area contributed by atoms with Gasteiger partial charge in [0.1, 0.15) is 0 Å². The van der Waals surface area contributed by atoms with Crippen LogP contribution in [-0.2, 0) is 6.42 Å². The van der Waals surface area contributed by atoms with Crippen LogP contribution in [0.5, 0.6) is 0 Å². The van der Waals surface area contributed by atoms with Crippen molar-refractivity contribution in [2.45, 2.75) is 39.7 Å². The zero-order valence-electron chi connectivity index (χ0n) is 11.2. The van der Waals surface area contributed by atoms with Crippen molar-refractivity contribution in [3.63, 3.8) is 0 Å². The SMILES string of the molecule is CCCNC(Cc1nccs1)c1cc(C)c(C)s1. The third-order valence-electron chi connectivity index (χ3n) is 3.03. The number of thiazole rings is 1. The van der Waals surface area contributed by atoms with Gasteiger partial charge in [-0.2, -0.15) is 0 Å². The number of hydrogen-bond donors (Lipinski definition) is 1. The standard InChI is InChI=1S/C14H20N2S2/c1-4-5-15-12(9-14-16-6-7-17-14)13-8-10(2)11(3)18-13/h6-8,12,15H,4-5,9H2,1-3H3. The van der Waals surface area contributed by atoms with Crippen LogP contribution in [-0.4, -0.2) is 11.5 Å². The summed E-state index contributed by atoms with van der Waals surface area (Å²) in [7, 11) is 0. The molecule has 0 aromatic carbocycles. The smallest absolute Gasteiger partial charge is 0.0944 e. The van der Waals surface area contributed by atoms with Gasteiger partial charge in [0.2, 0.25) is 0 Å². The van der Waals surface area contributed by atoms with Crippen LogP contribution >= 0.6 is 22.7 Å². The number of aryl methyl sites for hydroxylation is 2. The van der Waals surface area contributed by atoms with Crippen LogP contribution in [0.3, 0.4) is 0 Å². The van der Waals surface area contributed by atoms with Crippen molar-refractivity contribution in [1.82, 2.24) is 10.3 Å². The number of aromatic nitrogens is 1. The van der Waals surface area contributed by atoms with Gasteiger partial charge >= 0.3 is 0 Å². The molecular formula is C14H20N2S2. The van der Waals surface area contributed by atoms with Crippen molar-refractivity contribution in [3.8, 4) is 0 Å².